The number of hydrogen-bond donors (Lipinski definition) is 1. The van der Waals surface area contributed by atoms with Crippen LogP contribution in [0.3, 0.4) is 0 Å². The van der Waals surface area contributed by atoms with Gasteiger partial charge in [0.25, 0.3) is 5.91 Å². The minimum Gasteiger partial charge on any atom is -0.435 e. The maximum absolute atomic E-state index is 12.4. The van der Waals surface area contributed by atoms with Crippen LogP contribution >= 0.6 is 23.2 Å². The second-order valence-electron chi connectivity index (χ2n) is 5.43. The second-order valence-corrected chi connectivity index (χ2v) is 6.25. The van der Waals surface area contributed by atoms with E-state index in [1.54, 1.807) is 24.3 Å². The molecule has 5 nitrogen and oxygen atoms in total. The van der Waals surface area contributed by atoms with Crippen molar-refractivity contribution in [2.75, 3.05) is 5.32 Å². The summed E-state index contributed by atoms with van der Waals surface area (Å²) in [5, 5.41) is 7.79. The van der Waals surface area contributed by atoms with Gasteiger partial charge in [-0.15, -0.1) is 0 Å². The Balaban J connectivity index is 1.78. The molecule has 0 spiro atoms. The summed E-state index contributed by atoms with van der Waals surface area (Å²) < 4.78 is 30.5. The van der Waals surface area contributed by atoms with E-state index in [1.807, 2.05) is 0 Å². The van der Waals surface area contributed by atoms with Crippen molar-refractivity contribution in [1.29, 1.82) is 0 Å². The molecule has 0 radical (unpaired) electrons. The van der Waals surface area contributed by atoms with Crippen LogP contribution in [-0.4, -0.2) is 22.3 Å². The van der Waals surface area contributed by atoms with Crippen LogP contribution in [-0.2, 0) is 6.54 Å². The summed E-state index contributed by atoms with van der Waals surface area (Å²) >= 11 is 12.3. The van der Waals surface area contributed by atoms with Crippen molar-refractivity contribution in [3.8, 4) is 5.75 Å². The Morgan fingerprint density at radius 1 is 1.15 bits per heavy atom. The SMILES string of the molecule is O=C(Nc1ccnn1Cc1c(Cl)cccc1Cl)c1cccc(OC(F)F)c1. The number of amides is 1. The smallest absolute Gasteiger partial charge is 0.387 e. The Morgan fingerprint density at radius 2 is 1.85 bits per heavy atom. The molecule has 9 heteroatoms. The molecule has 2 aromatic carbocycles. The van der Waals surface area contributed by atoms with Crippen molar-refractivity contribution in [3.05, 3.63) is 75.9 Å². The molecule has 0 aliphatic rings. The van der Waals surface area contributed by atoms with Crippen molar-refractivity contribution in [2.45, 2.75) is 13.2 Å². The van der Waals surface area contributed by atoms with Crippen LogP contribution in [0.25, 0.3) is 0 Å². The zero-order valence-electron chi connectivity index (χ0n) is 13.7. The first-order valence-electron chi connectivity index (χ1n) is 7.75. The van der Waals surface area contributed by atoms with E-state index in [2.05, 4.69) is 15.2 Å². The molecule has 1 N–H and O–H groups in total. The number of hydrogen-bond acceptors (Lipinski definition) is 3. The highest BCUT2D eigenvalue weighted by Crippen LogP contribution is 2.26. The molecule has 1 heterocycles. The first-order chi connectivity index (χ1) is 12.9. The lowest BCUT2D eigenvalue weighted by Crippen LogP contribution is -2.16. The van der Waals surface area contributed by atoms with E-state index in [4.69, 9.17) is 23.2 Å². The summed E-state index contributed by atoms with van der Waals surface area (Å²) in [5.74, 6) is -0.202. The van der Waals surface area contributed by atoms with Gasteiger partial charge in [0.1, 0.15) is 11.6 Å². The standard InChI is InChI=1S/C18H13Cl2F2N3O2/c19-14-5-2-6-15(20)13(14)10-25-16(7-8-23-25)24-17(26)11-3-1-4-12(9-11)27-18(21)22/h1-9,18H,10H2,(H,24,26). The predicted molar refractivity (Wildman–Crippen MR) is 98.8 cm³/mol. The molecule has 0 unspecified atom stereocenters. The van der Waals surface area contributed by atoms with Gasteiger partial charge in [-0.05, 0) is 30.3 Å². The maximum Gasteiger partial charge on any atom is 0.387 e. The number of nitrogens with one attached hydrogen (secondary N) is 1. The van der Waals surface area contributed by atoms with E-state index in [9.17, 15) is 13.6 Å². The lowest BCUT2D eigenvalue weighted by molar-refractivity contribution is -0.0498. The quantitative estimate of drug-likeness (QED) is 0.614. The normalized spacial score (nSPS) is 10.9. The highest BCUT2D eigenvalue weighted by molar-refractivity contribution is 6.36. The average Bonchev–Trinajstić information content (AvgIpc) is 3.05. The van der Waals surface area contributed by atoms with Gasteiger partial charge in [0.15, 0.2) is 0 Å². The number of ether oxygens (including phenoxy) is 1. The number of rotatable bonds is 6. The summed E-state index contributed by atoms with van der Waals surface area (Å²) in [5.41, 5.74) is 0.823. The highest BCUT2D eigenvalue weighted by atomic mass is 35.5. The number of nitrogens with zero attached hydrogens (tertiary/aromatic N) is 2. The third kappa shape index (κ3) is 4.75. The zero-order valence-corrected chi connectivity index (χ0v) is 15.2. The molecule has 1 amide bonds. The summed E-state index contributed by atoms with van der Waals surface area (Å²) in [6.07, 6.45) is 1.51. The molecular weight excluding hydrogens is 399 g/mol. The molecule has 0 saturated heterocycles. The molecule has 3 rings (SSSR count). The van der Waals surface area contributed by atoms with Crippen LogP contribution in [0.2, 0.25) is 10.0 Å². The molecule has 0 saturated carbocycles. The van der Waals surface area contributed by atoms with Gasteiger partial charge in [-0.25, -0.2) is 4.68 Å². The van der Waals surface area contributed by atoms with E-state index in [-0.39, 0.29) is 17.9 Å². The van der Waals surface area contributed by atoms with Crippen LogP contribution in [0.15, 0.2) is 54.7 Å². The molecule has 27 heavy (non-hydrogen) atoms. The fraction of sp³-hybridized carbons (Fsp3) is 0.111. The van der Waals surface area contributed by atoms with Crippen molar-refractivity contribution in [1.82, 2.24) is 9.78 Å². The summed E-state index contributed by atoms with van der Waals surface area (Å²) in [7, 11) is 0. The fourth-order valence-electron chi connectivity index (χ4n) is 2.40. The number of aromatic nitrogens is 2. The van der Waals surface area contributed by atoms with Gasteiger partial charge < -0.3 is 10.1 Å². The Kier molecular flexibility index (Phi) is 5.93. The summed E-state index contributed by atoms with van der Waals surface area (Å²) in [6.45, 7) is -2.72. The predicted octanol–water partition coefficient (Wildman–Crippen LogP) is 5.09. The van der Waals surface area contributed by atoms with Gasteiger partial charge in [-0.3, -0.25) is 4.79 Å². The van der Waals surface area contributed by atoms with Gasteiger partial charge in [0.05, 0.1) is 12.7 Å². The molecule has 1 aromatic heterocycles. The number of alkyl halides is 2. The van der Waals surface area contributed by atoms with Crippen LogP contribution in [0.5, 0.6) is 5.75 Å². The van der Waals surface area contributed by atoms with Gasteiger partial charge in [-0.1, -0.05) is 35.3 Å². The highest BCUT2D eigenvalue weighted by Gasteiger charge is 2.14. The lowest BCUT2D eigenvalue weighted by atomic mass is 10.2. The van der Waals surface area contributed by atoms with Crippen LogP contribution < -0.4 is 10.1 Å². The maximum atomic E-state index is 12.4. The van der Waals surface area contributed by atoms with Gasteiger partial charge in [0.2, 0.25) is 0 Å². The minimum absolute atomic E-state index is 0.103. The van der Waals surface area contributed by atoms with E-state index in [1.165, 1.54) is 35.1 Å². The van der Waals surface area contributed by atoms with Crippen molar-refractivity contribution < 1.29 is 18.3 Å². The van der Waals surface area contributed by atoms with Crippen LogP contribution in [0.1, 0.15) is 15.9 Å². The Labute approximate surface area is 163 Å². The van der Waals surface area contributed by atoms with Gasteiger partial charge >= 0.3 is 6.61 Å². The van der Waals surface area contributed by atoms with Crippen LogP contribution in [0.4, 0.5) is 14.6 Å². The molecule has 0 aliphatic carbocycles. The molecule has 0 aliphatic heterocycles. The average molecular weight is 412 g/mol. The van der Waals surface area contributed by atoms with Gasteiger partial charge in [-0.2, -0.15) is 13.9 Å². The number of carbonyl (C=O) groups excluding carboxylic acids is 1. The summed E-state index contributed by atoms with van der Waals surface area (Å²) in [4.78, 5) is 12.4. The Hall–Kier alpha value is -2.64. The summed E-state index contributed by atoms with van der Waals surface area (Å²) in [6, 6.07) is 12.3. The largest absolute Gasteiger partial charge is 0.435 e. The number of benzene rings is 2. The lowest BCUT2D eigenvalue weighted by Gasteiger charge is -2.12. The van der Waals surface area contributed by atoms with Crippen molar-refractivity contribution in [2.24, 2.45) is 0 Å². The minimum atomic E-state index is -2.97. The first kappa shape index (κ1) is 19.1. The monoisotopic (exact) mass is 411 g/mol. The zero-order chi connectivity index (χ0) is 19.4. The number of halogens is 4. The molecule has 0 bridgehead atoms. The Morgan fingerprint density at radius 3 is 2.56 bits per heavy atom. The van der Waals surface area contributed by atoms with E-state index in [0.717, 1.165) is 0 Å². The van der Waals surface area contributed by atoms with Crippen molar-refractivity contribution in [3.63, 3.8) is 0 Å². The van der Waals surface area contributed by atoms with E-state index in [0.29, 0.717) is 21.4 Å². The third-order valence-electron chi connectivity index (χ3n) is 3.65. The van der Waals surface area contributed by atoms with E-state index >= 15 is 0 Å². The second kappa shape index (κ2) is 8.37. The molecule has 0 atom stereocenters. The third-order valence-corrected chi connectivity index (χ3v) is 4.36. The Bertz CT molecular complexity index is 943. The fourth-order valence-corrected chi connectivity index (χ4v) is 2.92. The van der Waals surface area contributed by atoms with Crippen LogP contribution in [0, 0.1) is 0 Å². The van der Waals surface area contributed by atoms with Crippen molar-refractivity contribution >= 4 is 34.9 Å². The number of carbonyl (C=O) groups is 1. The molecular formula is C18H13Cl2F2N3O2. The van der Waals surface area contributed by atoms with E-state index < -0.39 is 12.5 Å². The number of anilines is 1. The van der Waals surface area contributed by atoms with Gasteiger partial charge in [0, 0.05) is 27.2 Å². The molecule has 3 aromatic rings. The molecule has 0 fully saturated rings. The topological polar surface area (TPSA) is 56.2 Å². The molecule has 140 valence electrons. The first-order valence-corrected chi connectivity index (χ1v) is 8.50.